The van der Waals surface area contributed by atoms with Crippen LogP contribution >= 0.6 is 34.4 Å². The minimum Gasteiger partial charge on any atom is -0.251 e. The summed E-state index contributed by atoms with van der Waals surface area (Å²) in [5.74, 6) is 0. The van der Waals surface area contributed by atoms with Gasteiger partial charge in [-0.3, -0.25) is 4.98 Å². The lowest BCUT2D eigenvalue weighted by atomic mass is 10.3. The maximum atomic E-state index is 12.4. The predicted octanol–water partition coefficient (Wildman–Crippen LogP) is 4.32. The zero-order valence-corrected chi connectivity index (χ0v) is 10.1. The van der Waals surface area contributed by atoms with Crippen molar-refractivity contribution in [3.63, 3.8) is 0 Å². The Bertz CT molecular complexity index is 387. The first kappa shape index (κ1) is 13.9. The lowest BCUT2D eigenvalue weighted by molar-refractivity contribution is -0.143. The zero-order chi connectivity index (χ0) is 12.6. The number of alkyl halides is 6. The summed E-state index contributed by atoms with van der Waals surface area (Å²) in [5, 5.41) is 0. The van der Waals surface area contributed by atoms with E-state index in [1.54, 1.807) is 0 Å². The second kappa shape index (κ2) is 4.59. The van der Waals surface area contributed by atoms with Crippen molar-refractivity contribution in [1.29, 1.82) is 0 Å². The molecule has 0 N–H and O–H groups in total. The van der Waals surface area contributed by atoms with E-state index >= 15 is 0 Å². The normalized spacial score (nSPS) is 12.9. The SMILES string of the molecule is FC(F)(F)Sc1c(I)ccnc1C(F)(F)F. The van der Waals surface area contributed by atoms with Crippen LogP contribution in [0.1, 0.15) is 5.69 Å². The van der Waals surface area contributed by atoms with Crippen molar-refractivity contribution >= 4 is 34.4 Å². The number of pyridine rings is 1. The molecule has 0 saturated carbocycles. The monoisotopic (exact) mass is 373 g/mol. The second-order valence-corrected chi connectivity index (χ2v) is 4.75. The summed E-state index contributed by atoms with van der Waals surface area (Å²) in [7, 11) is 0. The van der Waals surface area contributed by atoms with Gasteiger partial charge in [-0.1, -0.05) is 0 Å². The van der Waals surface area contributed by atoms with Crippen LogP contribution in [0, 0.1) is 3.57 Å². The summed E-state index contributed by atoms with van der Waals surface area (Å²) in [5.41, 5.74) is -6.29. The van der Waals surface area contributed by atoms with E-state index in [9.17, 15) is 26.3 Å². The number of rotatable bonds is 1. The maximum Gasteiger partial charge on any atom is 0.446 e. The molecule has 0 amide bonds. The Labute approximate surface area is 104 Å². The number of hydrogen-bond donors (Lipinski definition) is 0. The number of thioether (sulfide) groups is 1. The van der Waals surface area contributed by atoms with Gasteiger partial charge in [0.2, 0.25) is 0 Å². The highest BCUT2D eigenvalue weighted by Gasteiger charge is 2.40. The van der Waals surface area contributed by atoms with Crippen LogP contribution in [0.5, 0.6) is 0 Å². The van der Waals surface area contributed by atoms with Gasteiger partial charge in [-0.25, -0.2) is 0 Å². The Morgan fingerprint density at radius 3 is 2.12 bits per heavy atom. The number of aromatic nitrogens is 1. The Balaban J connectivity index is 3.25. The molecular weight excluding hydrogens is 371 g/mol. The first-order valence-electron chi connectivity index (χ1n) is 3.58. The molecule has 0 aliphatic rings. The lowest BCUT2D eigenvalue weighted by Gasteiger charge is -2.13. The lowest BCUT2D eigenvalue weighted by Crippen LogP contribution is -2.12. The van der Waals surface area contributed by atoms with E-state index in [0.29, 0.717) is 0 Å². The molecule has 0 atom stereocenters. The molecule has 0 aromatic carbocycles. The van der Waals surface area contributed by atoms with Crippen molar-refractivity contribution < 1.29 is 26.3 Å². The number of nitrogens with zero attached hydrogens (tertiary/aromatic N) is 1. The van der Waals surface area contributed by atoms with Crippen LogP contribution in [0.15, 0.2) is 17.2 Å². The van der Waals surface area contributed by atoms with E-state index in [-0.39, 0.29) is 3.57 Å². The van der Waals surface area contributed by atoms with Crippen LogP contribution in [0.3, 0.4) is 0 Å². The molecule has 1 rings (SSSR count). The van der Waals surface area contributed by atoms with Crippen molar-refractivity contribution in [1.82, 2.24) is 4.98 Å². The fourth-order valence-electron chi connectivity index (χ4n) is 0.839. The van der Waals surface area contributed by atoms with E-state index in [0.717, 1.165) is 12.3 Å². The summed E-state index contributed by atoms with van der Waals surface area (Å²) >= 11 is 0.596. The fourth-order valence-corrected chi connectivity index (χ4v) is 2.25. The van der Waals surface area contributed by atoms with Gasteiger partial charge in [0.05, 0.1) is 4.90 Å². The average molecular weight is 373 g/mol. The fraction of sp³-hybridized carbons (Fsp3) is 0.286. The van der Waals surface area contributed by atoms with Gasteiger partial charge in [-0.05, 0) is 40.4 Å². The van der Waals surface area contributed by atoms with Gasteiger partial charge in [-0.15, -0.1) is 0 Å². The summed E-state index contributed by atoms with van der Waals surface area (Å²) < 4.78 is 73.1. The molecule has 16 heavy (non-hydrogen) atoms. The Kier molecular flexibility index (Phi) is 3.98. The topological polar surface area (TPSA) is 12.9 Å². The molecule has 0 radical (unpaired) electrons. The summed E-state index contributed by atoms with van der Waals surface area (Å²) in [6, 6.07) is 1.09. The molecule has 0 spiro atoms. The standard InChI is InChI=1S/C7H2F6INS/c8-6(9,10)5-4(16-7(11,12)13)3(14)1-2-15-5/h1-2H. The van der Waals surface area contributed by atoms with Crippen molar-refractivity contribution in [2.24, 2.45) is 0 Å². The average Bonchev–Trinajstić information content (AvgIpc) is 2.04. The molecule has 9 heteroatoms. The maximum absolute atomic E-state index is 12.4. The van der Waals surface area contributed by atoms with Crippen LogP contribution in [0.25, 0.3) is 0 Å². The van der Waals surface area contributed by atoms with Crippen LogP contribution in [0.4, 0.5) is 26.3 Å². The molecule has 90 valence electrons. The van der Waals surface area contributed by atoms with Crippen molar-refractivity contribution in [3.05, 3.63) is 21.5 Å². The van der Waals surface area contributed by atoms with Crippen LogP contribution in [-0.4, -0.2) is 10.5 Å². The van der Waals surface area contributed by atoms with Crippen LogP contribution in [-0.2, 0) is 6.18 Å². The molecule has 1 aromatic heterocycles. The zero-order valence-electron chi connectivity index (χ0n) is 7.16. The Hall–Kier alpha value is -0.190. The highest BCUT2D eigenvalue weighted by Crippen LogP contribution is 2.44. The summed E-state index contributed by atoms with van der Waals surface area (Å²) in [6.45, 7) is 0. The molecule has 0 fully saturated rings. The van der Waals surface area contributed by atoms with E-state index in [1.807, 2.05) is 0 Å². The van der Waals surface area contributed by atoms with Gasteiger partial charge in [0.15, 0.2) is 5.69 Å². The molecule has 0 aliphatic carbocycles. The van der Waals surface area contributed by atoms with Gasteiger partial charge in [0.25, 0.3) is 0 Å². The number of halogens is 7. The largest absolute Gasteiger partial charge is 0.446 e. The van der Waals surface area contributed by atoms with Crippen LogP contribution < -0.4 is 0 Å². The highest BCUT2D eigenvalue weighted by atomic mass is 127. The minimum atomic E-state index is -4.89. The van der Waals surface area contributed by atoms with Crippen molar-refractivity contribution in [2.45, 2.75) is 16.6 Å². The molecular formula is C7H2F6INS. The summed E-state index contributed by atoms with van der Waals surface area (Å²) in [6.07, 6.45) is -4.07. The quantitative estimate of drug-likeness (QED) is 0.413. The van der Waals surface area contributed by atoms with E-state index in [1.165, 1.54) is 22.6 Å². The summed E-state index contributed by atoms with van der Waals surface area (Å²) in [4.78, 5) is 2.03. The van der Waals surface area contributed by atoms with Crippen LogP contribution in [0.2, 0.25) is 0 Å². The molecule has 0 saturated heterocycles. The van der Waals surface area contributed by atoms with E-state index in [4.69, 9.17) is 0 Å². The molecule has 1 nitrogen and oxygen atoms in total. The second-order valence-electron chi connectivity index (χ2n) is 2.52. The van der Waals surface area contributed by atoms with E-state index < -0.39 is 34.0 Å². The molecule has 0 aliphatic heterocycles. The number of hydrogen-bond acceptors (Lipinski definition) is 2. The smallest absolute Gasteiger partial charge is 0.251 e. The Morgan fingerprint density at radius 1 is 1.12 bits per heavy atom. The minimum absolute atomic E-state index is 0.137. The first-order valence-corrected chi connectivity index (χ1v) is 5.48. The third-order valence-electron chi connectivity index (χ3n) is 1.34. The molecule has 1 aromatic rings. The van der Waals surface area contributed by atoms with Gasteiger partial charge in [-0.2, -0.15) is 26.3 Å². The third-order valence-corrected chi connectivity index (χ3v) is 3.46. The third kappa shape index (κ3) is 3.68. The Morgan fingerprint density at radius 2 is 1.69 bits per heavy atom. The van der Waals surface area contributed by atoms with Gasteiger partial charge in [0, 0.05) is 9.77 Å². The first-order chi connectivity index (χ1) is 7.11. The van der Waals surface area contributed by atoms with Crippen molar-refractivity contribution in [2.75, 3.05) is 0 Å². The van der Waals surface area contributed by atoms with Gasteiger partial charge < -0.3 is 0 Å². The molecule has 0 bridgehead atoms. The molecule has 0 unspecified atom stereocenters. The molecule has 1 heterocycles. The van der Waals surface area contributed by atoms with Gasteiger partial charge >= 0.3 is 11.7 Å². The highest BCUT2D eigenvalue weighted by molar-refractivity contribution is 14.1. The van der Waals surface area contributed by atoms with E-state index in [2.05, 4.69) is 4.98 Å². The predicted molar refractivity (Wildman–Crippen MR) is 53.9 cm³/mol. The van der Waals surface area contributed by atoms with Crippen molar-refractivity contribution in [3.8, 4) is 0 Å². The van der Waals surface area contributed by atoms with Gasteiger partial charge in [0.1, 0.15) is 0 Å².